The summed E-state index contributed by atoms with van der Waals surface area (Å²) in [4.78, 5) is 12.0. The molecule has 1 nitrogen and oxygen atoms in total. The highest BCUT2D eigenvalue weighted by Gasteiger charge is 2.10. The highest BCUT2D eigenvalue weighted by molar-refractivity contribution is 5.94. The van der Waals surface area contributed by atoms with Gasteiger partial charge in [-0.05, 0) is 17.2 Å². The zero-order valence-electron chi connectivity index (χ0n) is 11.4. The molecular weight excluding hydrogens is 244 g/mol. The molecule has 1 atom stereocenters. The van der Waals surface area contributed by atoms with E-state index in [-0.39, 0.29) is 11.7 Å². The lowest BCUT2D eigenvalue weighted by atomic mass is 9.93. The van der Waals surface area contributed by atoms with Crippen LogP contribution in [0, 0.1) is 0 Å². The van der Waals surface area contributed by atoms with E-state index >= 15 is 0 Å². The molecule has 1 heteroatoms. The summed E-state index contributed by atoms with van der Waals surface area (Å²) < 4.78 is 0. The van der Waals surface area contributed by atoms with Crippen LogP contribution in [-0.4, -0.2) is 5.78 Å². The Balaban J connectivity index is 2.00. The van der Waals surface area contributed by atoms with Crippen molar-refractivity contribution in [2.75, 3.05) is 0 Å². The van der Waals surface area contributed by atoms with Crippen molar-refractivity contribution in [3.8, 4) is 0 Å². The Morgan fingerprint density at radius 3 is 2.20 bits per heavy atom. The maximum atomic E-state index is 12.0. The van der Waals surface area contributed by atoms with E-state index in [1.807, 2.05) is 72.8 Å². The van der Waals surface area contributed by atoms with Crippen LogP contribution in [0.25, 0.3) is 6.08 Å². The Bertz CT molecular complexity index is 582. The van der Waals surface area contributed by atoms with Gasteiger partial charge in [0.15, 0.2) is 5.78 Å². The number of hydrogen-bond acceptors (Lipinski definition) is 1. The molecule has 0 fully saturated rings. The molecule has 0 heterocycles. The molecule has 0 spiro atoms. The summed E-state index contributed by atoms with van der Waals surface area (Å²) in [5.41, 5.74) is 2.17. The van der Waals surface area contributed by atoms with Crippen LogP contribution >= 0.6 is 0 Å². The number of ketones is 1. The zero-order valence-corrected chi connectivity index (χ0v) is 11.4. The van der Waals surface area contributed by atoms with Gasteiger partial charge in [0.1, 0.15) is 0 Å². The van der Waals surface area contributed by atoms with Gasteiger partial charge in [-0.3, -0.25) is 4.79 Å². The average molecular weight is 262 g/mol. The van der Waals surface area contributed by atoms with Crippen molar-refractivity contribution in [3.05, 3.63) is 90.5 Å². The minimum atomic E-state index is 0.0733. The normalized spacial score (nSPS) is 12.2. The zero-order chi connectivity index (χ0) is 14.2. The van der Waals surface area contributed by atoms with Crippen LogP contribution < -0.4 is 0 Å². The van der Waals surface area contributed by atoms with Gasteiger partial charge in [-0.15, -0.1) is 6.58 Å². The third-order valence-electron chi connectivity index (χ3n) is 3.19. The van der Waals surface area contributed by atoms with E-state index in [4.69, 9.17) is 0 Å². The van der Waals surface area contributed by atoms with E-state index in [2.05, 4.69) is 6.58 Å². The molecule has 0 saturated carbocycles. The maximum Gasteiger partial charge on any atom is 0.156 e. The lowest BCUT2D eigenvalue weighted by molar-refractivity contribution is -0.114. The summed E-state index contributed by atoms with van der Waals surface area (Å²) in [6.45, 7) is 3.83. The van der Waals surface area contributed by atoms with Crippen LogP contribution in [0.4, 0.5) is 0 Å². The Hall–Kier alpha value is -2.41. The number of benzene rings is 2. The van der Waals surface area contributed by atoms with Crippen molar-refractivity contribution in [2.45, 2.75) is 12.3 Å². The molecule has 0 saturated heterocycles. The quantitative estimate of drug-likeness (QED) is 0.548. The Labute approximate surface area is 120 Å². The van der Waals surface area contributed by atoms with Crippen LogP contribution in [-0.2, 0) is 4.79 Å². The summed E-state index contributed by atoms with van der Waals surface area (Å²) >= 11 is 0. The Morgan fingerprint density at radius 1 is 1.00 bits per heavy atom. The number of allylic oxidation sites excluding steroid dienone is 2. The molecule has 0 aliphatic rings. The maximum absolute atomic E-state index is 12.0. The third kappa shape index (κ3) is 4.06. The fourth-order valence-electron chi connectivity index (χ4n) is 2.08. The van der Waals surface area contributed by atoms with Gasteiger partial charge in [-0.25, -0.2) is 0 Å². The van der Waals surface area contributed by atoms with Crippen LogP contribution in [0.1, 0.15) is 23.5 Å². The third-order valence-corrected chi connectivity index (χ3v) is 3.19. The van der Waals surface area contributed by atoms with Crippen LogP contribution in [0.2, 0.25) is 0 Å². The van der Waals surface area contributed by atoms with E-state index in [9.17, 15) is 4.79 Å². The number of carbonyl (C=O) groups is 1. The van der Waals surface area contributed by atoms with Gasteiger partial charge in [0.05, 0.1) is 0 Å². The van der Waals surface area contributed by atoms with E-state index in [1.54, 1.807) is 6.08 Å². The average Bonchev–Trinajstić information content (AvgIpc) is 2.52. The van der Waals surface area contributed by atoms with E-state index in [0.29, 0.717) is 6.42 Å². The van der Waals surface area contributed by atoms with Crippen LogP contribution in [0.15, 0.2) is 79.4 Å². The summed E-state index contributed by atoms with van der Waals surface area (Å²) in [5, 5.41) is 0. The standard InChI is InChI=1S/C19H18O/c1-2-17(18-11-7-4-8-12-18)15-19(20)14-13-16-9-5-3-6-10-16/h2-14,17H,1,15H2/b14-13+/t17-/m1/s1. The molecule has 100 valence electrons. The van der Waals surface area contributed by atoms with E-state index < -0.39 is 0 Å². The minimum Gasteiger partial charge on any atom is -0.295 e. The monoisotopic (exact) mass is 262 g/mol. The molecule has 2 aromatic rings. The highest BCUT2D eigenvalue weighted by Crippen LogP contribution is 2.21. The Morgan fingerprint density at radius 2 is 1.60 bits per heavy atom. The van der Waals surface area contributed by atoms with Gasteiger partial charge in [-0.2, -0.15) is 0 Å². The van der Waals surface area contributed by atoms with Crippen molar-refractivity contribution in [1.29, 1.82) is 0 Å². The first-order valence-electron chi connectivity index (χ1n) is 6.73. The summed E-state index contributed by atoms with van der Waals surface area (Å²) in [5.74, 6) is 0.187. The van der Waals surface area contributed by atoms with Crippen molar-refractivity contribution < 1.29 is 4.79 Å². The van der Waals surface area contributed by atoms with Gasteiger partial charge < -0.3 is 0 Å². The van der Waals surface area contributed by atoms with Gasteiger partial charge in [0.25, 0.3) is 0 Å². The van der Waals surface area contributed by atoms with Gasteiger partial charge in [0, 0.05) is 12.3 Å². The lowest BCUT2D eigenvalue weighted by Crippen LogP contribution is -2.02. The predicted molar refractivity (Wildman–Crippen MR) is 84.5 cm³/mol. The highest BCUT2D eigenvalue weighted by atomic mass is 16.1. The molecule has 2 rings (SSSR count). The second-order valence-electron chi connectivity index (χ2n) is 4.67. The topological polar surface area (TPSA) is 17.1 Å². The Kier molecular flexibility index (Phi) is 5.08. The molecule has 0 unspecified atom stereocenters. The smallest absolute Gasteiger partial charge is 0.156 e. The molecular formula is C19H18O. The van der Waals surface area contributed by atoms with E-state index in [0.717, 1.165) is 11.1 Å². The summed E-state index contributed by atoms with van der Waals surface area (Å²) in [7, 11) is 0. The molecule has 0 radical (unpaired) electrons. The van der Waals surface area contributed by atoms with Crippen LogP contribution in [0.5, 0.6) is 0 Å². The largest absolute Gasteiger partial charge is 0.295 e. The number of hydrogen-bond donors (Lipinski definition) is 0. The van der Waals surface area contributed by atoms with Crippen molar-refractivity contribution in [1.82, 2.24) is 0 Å². The van der Waals surface area contributed by atoms with Gasteiger partial charge >= 0.3 is 0 Å². The molecule has 20 heavy (non-hydrogen) atoms. The first kappa shape index (κ1) is 14.0. The van der Waals surface area contributed by atoms with Crippen molar-refractivity contribution >= 4 is 11.9 Å². The number of rotatable bonds is 6. The fourth-order valence-corrected chi connectivity index (χ4v) is 2.08. The molecule has 0 aromatic heterocycles. The predicted octanol–water partition coefficient (Wildman–Crippen LogP) is 4.63. The molecule has 0 aliphatic carbocycles. The molecule has 0 aliphatic heterocycles. The fraction of sp³-hybridized carbons (Fsp3) is 0.105. The second kappa shape index (κ2) is 7.25. The first-order chi connectivity index (χ1) is 9.79. The number of carbonyl (C=O) groups excluding carboxylic acids is 1. The summed E-state index contributed by atoms with van der Waals surface area (Å²) in [6, 6.07) is 19.8. The van der Waals surface area contributed by atoms with Gasteiger partial charge in [-0.1, -0.05) is 72.8 Å². The minimum absolute atomic E-state index is 0.0733. The van der Waals surface area contributed by atoms with Crippen LogP contribution in [0.3, 0.4) is 0 Å². The molecule has 0 N–H and O–H groups in total. The second-order valence-corrected chi connectivity index (χ2v) is 4.67. The van der Waals surface area contributed by atoms with E-state index in [1.165, 1.54) is 0 Å². The molecule has 0 bridgehead atoms. The van der Waals surface area contributed by atoms with Gasteiger partial charge in [0.2, 0.25) is 0 Å². The van der Waals surface area contributed by atoms with Crippen molar-refractivity contribution in [3.63, 3.8) is 0 Å². The lowest BCUT2D eigenvalue weighted by Gasteiger charge is -2.10. The molecule has 0 amide bonds. The molecule has 2 aromatic carbocycles. The first-order valence-corrected chi connectivity index (χ1v) is 6.73. The SMILES string of the molecule is C=C[C@H](CC(=O)/C=C/c1ccccc1)c1ccccc1. The summed E-state index contributed by atoms with van der Waals surface area (Å²) in [6.07, 6.45) is 5.79. The van der Waals surface area contributed by atoms with Crippen molar-refractivity contribution in [2.24, 2.45) is 0 Å².